The van der Waals surface area contributed by atoms with Crippen LogP contribution in [0.5, 0.6) is 0 Å². The fourth-order valence-electron chi connectivity index (χ4n) is 16.1. The van der Waals surface area contributed by atoms with E-state index in [-0.39, 0.29) is 20.5 Å². The summed E-state index contributed by atoms with van der Waals surface area (Å²) in [6, 6.07) is 128. The van der Waals surface area contributed by atoms with Crippen molar-refractivity contribution in [2.75, 3.05) is 14.4 Å². The molecule has 12 heteroatoms. The summed E-state index contributed by atoms with van der Waals surface area (Å²) in [7, 11) is 0. The largest absolute Gasteiger partial charge is 0.467 e. The van der Waals surface area contributed by atoms with E-state index in [0.717, 1.165) is 50.3 Å². The lowest BCUT2D eigenvalue weighted by Gasteiger charge is -2.37. The molecule has 0 radical (unpaired) electrons. The van der Waals surface area contributed by atoms with E-state index < -0.39 is 0 Å². The van der Waals surface area contributed by atoms with E-state index in [1.165, 1.54) is 117 Å². The molecular weight excluding hydrogens is 1300 g/mol. The first-order valence-corrected chi connectivity index (χ1v) is 37.1. The van der Waals surface area contributed by atoms with Gasteiger partial charge in [-0.2, -0.15) is 0 Å². The molecule has 6 nitrogen and oxygen atoms in total. The van der Waals surface area contributed by atoms with E-state index in [1.54, 1.807) is 0 Å². The fourth-order valence-corrected chi connectivity index (χ4v) is 20.0. The zero-order valence-electron chi connectivity index (χ0n) is 55.1. The lowest BCUT2D eigenvalue weighted by Crippen LogP contribution is -2.57. The van der Waals surface area contributed by atoms with Gasteiger partial charge in [-0.25, -0.2) is 0 Å². The molecule has 22 rings (SSSR count). The van der Waals surface area contributed by atoms with Crippen LogP contribution in [0.15, 0.2) is 367 Å². The average molecular weight is 1360 g/mol. The molecule has 478 valence electrons. The van der Waals surface area contributed by atoms with Gasteiger partial charge >= 0.3 is 20.5 Å². The van der Waals surface area contributed by atoms with Crippen LogP contribution in [0, 0.1) is 0 Å². The molecule has 6 aromatic heterocycles. The SMILES string of the molecule is c1ccc(B2c3c(n(-c4ccccc4)c4ccccc34)-c3sc4ccccc4c3N2c2ccccc2)cc1.c1ccc(B2c3oc4ccccc4c3-c3oc4ccccc4c3N2c2ccccc2)cc1.c1ccc(B2c3sc4ccccc4c3-c3sc4ccccc4c3N2c2ccccc2)cc1. The Balaban J connectivity index is 0.000000103. The van der Waals surface area contributed by atoms with E-state index >= 15 is 0 Å². The number of benzene rings is 13. The van der Waals surface area contributed by atoms with Crippen LogP contribution in [0.1, 0.15) is 0 Å². The molecule has 13 aromatic carbocycles. The number of rotatable bonds is 7. The van der Waals surface area contributed by atoms with Crippen LogP contribution >= 0.6 is 34.0 Å². The standard InChI is InChI=1S/C34H23BN2S.C28H18BNO2.C28H18BNS2/c1-4-14-24(15-5-1)35-31-27-20-10-12-22-29(27)36(25-16-6-2-7-17-25)33(31)34-32(28-21-11-13-23-30(28)38-34)37(35)26-18-8-3-9-19-26;2*1-3-11-19(12-4-1)29-28-25(21-15-7-9-17-23(21)32-28)27-26(22-16-8-10-18-24(22)31-27)30(29)20-13-5-2-6-14-20/h1-23H;2*1-18H. The van der Waals surface area contributed by atoms with Gasteiger partial charge in [0.25, 0.3) is 0 Å². The van der Waals surface area contributed by atoms with Crippen LogP contribution in [0.3, 0.4) is 0 Å². The Kier molecular flexibility index (Phi) is 14.7. The molecule has 0 fully saturated rings. The molecule has 3 aliphatic heterocycles. The lowest BCUT2D eigenvalue weighted by atomic mass is 9.46. The molecule has 19 aromatic rings. The molecule has 102 heavy (non-hydrogen) atoms. The van der Waals surface area contributed by atoms with E-state index in [9.17, 15) is 0 Å². The summed E-state index contributed by atoms with van der Waals surface area (Å²) in [5.74, 6) is 0.863. The molecule has 0 bridgehead atoms. The Morgan fingerprint density at radius 1 is 0.265 bits per heavy atom. The second kappa shape index (κ2) is 25.0. The summed E-state index contributed by atoms with van der Waals surface area (Å²) in [4.78, 5) is 10.2. The van der Waals surface area contributed by atoms with Gasteiger partial charge in [0.05, 0.1) is 43.6 Å². The summed E-state index contributed by atoms with van der Waals surface area (Å²) in [5.41, 5.74) is 21.2. The van der Waals surface area contributed by atoms with Crippen molar-refractivity contribution < 1.29 is 8.83 Å². The molecule has 9 heterocycles. The molecule has 0 atom stereocenters. The van der Waals surface area contributed by atoms with Gasteiger partial charge in [0.15, 0.2) is 5.76 Å². The van der Waals surface area contributed by atoms with Crippen LogP contribution in [-0.2, 0) is 0 Å². The van der Waals surface area contributed by atoms with E-state index in [4.69, 9.17) is 8.83 Å². The summed E-state index contributed by atoms with van der Waals surface area (Å²) in [6.07, 6.45) is 0. The van der Waals surface area contributed by atoms with Crippen molar-refractivity contribution in [3.63, 3.8) is 0 Å². The Morgan fingerprint density at radius 3 is 1.21 bits per heavy atom. The number of fused-ring (bicyclic) bond motifs is 21. The van der Waals surface area contributed by atoms with Gasteiger partial charge in [0.2, 0.25) is 0 Å². The predicted molar refractivity (Wildman–Crippen MR) is 438 cm³/mol. The minimum Gasteiger partial charge on any atom is -0.467 e. The van der Waals surface area contributed by atoms with Crippen molar-refractivity contribution in [2.45, 2.75) is 0 Å². The first-order chi connectivity index (χ1) is 50.7. The summed E-state index contributed by atoms with van der Waals surface area (Å²) in [5, 5.41) is 7.48. The lowest BCUT2D eigenvalue weighted by molar-refractivity contribution is 0.623. The van der Waals surface area contributed by atoms with E-state index in [0.29, 0.717) is 0 Å². The van der Waals surface area contributed by atoms with Crippen molar-refractivity contribution in [1.29, 1.82) is 0 Å². The highest BCUT2D eigenvalue weighted by atomic mass is 32.1. The normalized spacial score (nSPS) is 12.8. The van der Waals surface area contributed by atoms with Gasteiger partial charge < -0.3 is 27.8 Å². The number of hydrogen-bond acceptors (Lipinski definition) is 8. The minimum atomic E-state index is -0.116. The predicted octanol–water partition coefficient (Wildman–Crippen LogP) is 20.9. The monoisotopic (exact) mass is 1360 g/mol. The third-order valence-corrected chi connectivity index (χ3v) is 23.8. The number of furan rings is 2. The Morgan fingerprint density at radius 2 is 0.647 bits per heavy atom. The summed E-state index contributed by atoms with van der Waals surface area (Å²) in [6.45, 7) is 0.0416. The van der Waals surface area contributed by atoms with Gasteiger partial charge in [0, 0.05) is 74.1 Å². The van der Waals surface area contributed by atoms with Crippen LogP contribution in [-0.4, -0.2) is 25.1 Å². The van der Waals surface area contributed by atoms with Gasteiger partial charge in [-0.1, -0.05) is 272 Å². The van der Waals surface area contributed by atoms with Gasteiger partial charge in [-0.15, -0.1) is 34.0 Å². The number of aromatic nitrogens is 1. The maximum atomic E-state index is 6.56. The quantitative estimate of drug-likeness (QED) is 0.149. The molecule has 0 saturated heterocycles. The van der Waals surface area contributed by atoms with Crippen molar-refractivity contribution >= 4 is 184 Å². The zero-order valence-corrected chi connectivity index (χ0v) is 57.6. The highest BCUT2D eigenvalue weighted by Crippen LogP contribution is 2.55. The topological polar surface area (TPSA) is 40.9 Å². The van der Waals surface area contributed by atoms with Gasteiger partial charge in [-0.05, 0) is 113 Å². The molecule has 0 N–H and O–H groups in total. The number of para-hydroxylation sites is 7. The highest BCUT2D eigenvalue weighted by molar-refractivity contribution is 7.33. The summed E-state index contributed by atoms with van der Waals surface area (Å²) < 4.78 is 21.0. The molecule has 0 amide bonds. The second-order valence-corrected chi connectivity index (χ2v) is 29.2. The molecule has 3 aliphatic rings. The Labute approximate surface area is 603 Å². The minimum absolute atomic E-state index is 0.0222. The Bertz CT molecular complexity index is 6080. The van der Waals surface area contributed by atoms with E-state index in [1.807, 2.05) is 64.3 Å². The fraction of sp³-hybridized carbons (Fsp3) is 0. The zero-order chi connectivity index (χ0) is 67.2. The van der Waals surface area contributed by atoms with Crippen molar-refractivity contribution in [3.8, 4) is 38.0 Å². The van der Waals surface area contributed by atoms with Crippen molar-refractivity contribution in [2.24, 2.45) is 0 Å². The molecule has 0 unspecified atom stereocenters. The third kappa shape index (κ3) is 9.69. The first kappa shape index (κ1) is 60.0. The van der Waals surface area contributed by atoms with Crippen LogP contribution in [0.4, 0.5) is 34.1 Å². The molecular formula is C90H59B3N4O2S3. The molecule has 0 spiro atoms. The molecule has 0 saturated carbocycles. The van der Waals surface area contributed by atoms with Crippen LogP contribution in [0.25, 0.3) is 101 Å². The second-order valence-electron chi connectivity index (χ2n) is 26.0. The van der Waals surface area contributed by atoms with Crippen LogP contribution < -0.4 is 46.7 Å². The van der Waals surface area contributed by atoms with E-state index in [2.05, 4.69) is 347 Å². The average Bonchev–Trinajstić information content (AvgIpc) is 1.54. The first-order valence-electron chi connectivity index (χ1n) is 34.6. The Hall–Kier alpha value is -12.0. The van der Waals surface area contributed by atoms with Crippen molar-refractivity contribution in [3.05, 3.63) is 358 Å². The summed E-state index contributed by atoms with van der Waals surface area (Å²) >= 11 is 5.76. The number of thiophene rings is 3. The van der Waals surface area contributed by atoms with Gasteiger partial charge in [-0.3, -0.25) is 0 Å². The number of anilines is 6. The molecule has 0 aliphatic carbocycles. The smallest absolute Gasteiger partial charge is 0.371 e. The maximum Gasteiger partial charge on any atom is 0.371 e. The number of nitrogens with zero attached hydrogens (tertiary/aromatic N) is 4. The van der Waals surface area contributed by atoms with Crippen molar-refractivity contribution in [1.82, 2.24) is 4.57 Å². The highest BCUT2D eigenvalue weighted by Gasteiger charge is 2.47. The van der Waals surface area contributed by atoms with Gasteiger partial charge in [0.1, 0.15) is 16.8 Å². The maximum absolute atomic E-state index is 6.56. The number of hydrogen-bond donors (Lipinski definition) is 0. The van der Waals surface area contributed by atoms with Crippen LogP contribution in [0.2, 0.25) is 0 Å². The third-order valence-electron chi connectivity index (χ3n) is 20.3.